The van der Waals surface area contributed by atoms with E-state index < -0.39 is 9.92 Å². The van der Waals surface area contributed by atoms with Gasteiger partial charge in [-0.15, -0.1) is 0 Å². The quantitative estimate of drug-likeness (QED) is 0.755. The molecule has 0 saturated heterocycles. The molecule has 0 aromatic heterocycles. The Morgan fingerprint density at radius 2 is 2.00 bits per heavy atom. The lowest BCUT2D eigenvalue weighted by molar-refractivity contribution is 0.615. The molecule has 0 amide bonds. The van der Waals surface area contributed by atoms with Crippen LogP contribution in [-0.4, -0.2) is 16.8 Å². The first-order chi connectivity index (χ1) is 9.05. The molecule has 0 fully saturated rings. The summed E-state index contributed by atoms with van der Waals surface area (Å²) in [7, 11) is -2.58. The van der Waals surface area contributed by atoms with Crippen molar-refractivity contribution < 1.29 is 4.21 Å². The SMILES string of the molecule is CCCNS(=O)(=NC(CC)CC)c1cccc(N)c1. The lowest BCUT2D eigenvalue weighted by atomic mass is 10.2. The molecule has 1 aromatic carbocycles. The first kappa shape index (κ1) is 16.0. The highest BCUT2D eigenvalue weighted by atomic mass is 32.2. The average molecular weight is 283 g/mol. The summed E-state index contributed by atoms with van der Waals surface area (Å²) < 4.78 is 20.7. The van der Waals surface area contributed by atoms with Crippen molar-refractivity contribution in [1.82, 2.24) is 4.72 Å². The number of benzene rings is 1. The predicted octanol–water partition coefficient (Wildman–Crippen LogP) is 3.20. The number of nitrogens with two attached hydrogens (primary N) is 1. The number of hydrogen-bond donors (Lipinski definition) is 2. The van der Waals surface area contributed by atoms with Crippen LogP contribution in [0.1, 0.15) is 40.0 Å². The summed E-state index contributed by atoms with van der Waals surface area (Å²) in [6, 6.07) is 7.29. The molecule has 0 aliphatic rings. The topological polar surface area (TPSA) is 67.5 Å². The summed E-state index contributed by atoms with van der Waals surface area (Å²) in [6.07, 6.45) is 2.70. The minimum atomic E-state index is -2.58. The van der Waals surface area contributed by atoms with Gasteiger partial charge in [0.25, 0.3) is 0 Å². The largest absolute Gasteiger partial charge is 0.399 e. The van der Waals surface area contributed by atoms with E-state index >= 15 is 0 Å². The molecule has 0 spiro atoms. The van der Waals surface area contributed by atoms with Gasteiger partial charge < -0.3 is 5.73 Å². The van der Waals surface area contributed by atoms with Crippen LogP contribution in [0.3, 0.4) is 0 Å². The molecule has 0 radical (unpaired) electrons. The molecule has 0 bridgehead atoms. The molecule has 1 rings (SSSR count). The molecule has 1 unspecified atom stereocenters. The number of hydrogen-bond acceptors (Lipinski definition) is 3. The molecular formula is C14H25N3OS. The van der Waals surface area contributed by atoms with Gasteiger partial charge in [-0.2, -0.15) is 0 Å². The van der Waals surface area contributed by atoms with E-state index in [4.69, 9.17) is 5.73 Å². The fourth-order valence-corrected chi connectivity index (χ4v) is 3.88. The summed E-state index contributed by atoms with van der Waals surface area (Å²) in [4.78, 5) is 0.674. The highest BCUT2D eigenvalue weighted by Crippen LogP contribution is 2.17. The van der Waals surface area contributed by atoms with Gasteiger partial charge in [-0.3, -0.25) is 0 Å². The Hall–Kier alpha value is -1.07. The summed E-state index contributed by atoms with van der Waals surface area (Å²) in [6.45, 7) is 6.86. The van der Waals surface area contributed by atoms with Crippen LogP contribution < -0.4 is 10.5 Å². The normalized spacial score (nSPS) is 14.3. The molecule has 1 aromatic rings. The molecule has 3 N–H and O–H groups in total. The maximum Gasteiger partial charge on any atom is 0.137 e. The van der Waals surface area contributed by atoms with E-state index in [-0.39, 0.29) is 6.04 Å². The number of rotatable bonds is 7. The van der Waals surface area contributed by atoms with Crippen LogP contribution in [0, 0.1) is 0 Å². The Bertz CT molecular complexity index is 503. The molecule has 1 atom stereocenters. The molecule has 5 heteroatoms. The second-order valence-electron chi connectivity index (χ2n) is 4.57. The number of anilines is 1. The maximum absolute atomic E-state index is 13.1. The van der Waals surface area contributed by atoms with Gasteiger partial charge in [0.2, 0.25) is 0 Å². The van der Waals surface area contributed by atoms with E-state index in [0.29, 0.717) is 17.1 Å². The molecule has 4 nitrogen and oxygen atoms in total. The van der Waals surface area contributed by atoms with Gasteiger partial charge in [-0.25, -0.2) is 13.3 Å². The Labute approximate surface area is 117 Å². The van der Waals surface area contributed by atoms with Crippen molar-refractivity contribution in [2.75, 3.05) is 12.3 Å². The third kappa shape index (κ3) is 4.51. The van der Waals surface area contributed by atoms with E-state index in [1.54, 1.807) is 12.1 Å². The summed E-state index contributed by atoms with van der Waals surface area (Å²) in [5.74, 6) is 0. The molecule has 0 aliphatic carbocycles. The van der Waals surface area contributed by atoms with Crippen LogP contribution in [0.25, 0.3) is 0 Å². The number of nitrogen functional groups attached to an aromatic ring is 1. The van der Waals surface area contributed by atoms with Gasteiger partial charge in [-0.1, -0.05) is 26.8 Å². The van der Waals surface area contributed by atoms with Crippen LogP contribution in [0.15, 0.2) is 33.5 Å². The van der Waals surface area contributed by atoms with E-state index in [1.165, 1.54) is 0 Å². The molecule has 108 valence electrons. The van der Waals surface area contributed by atoms with Crippen LogP contribution in [0.2, 0.25) is 0 Å². The van der Waals surface area contributed by atoms with Gasteiger partial charge in [0.15, 0.2) is 0 Å². The lowest BCUT2D eigenvalue weighted by Crippen LogP contribution is -2.26. The standard InChI is InChI=1S/C14H25N3OS/c1-4-10-16-19(18,17-13(5-2)6-3)14-9-7-8-12(15)11-14/h7-9,11,13H,4-6,10,15H2,1-3H3,(H,16,17,18). The molecular weight excluding hydrogens is 258 g/mol. The third-order valence-corrected chi connectivity index (χ3v) is 5.05. The van der Waals surface area contributed by atoms with E-state index in [2.05, 4.69) is 22.9 Å². The maximum atomic E-state index is 13.1. The number of nitrogens with zero attached hydrogens (tertiary/aromatic N) is 1. The Morgan fingerprint density at radius 3 is 2.53 bits per heavy atom. The van der Waals surface area contributed by atoms with Gasteiger partial charge in [-0.05, 0) is 37.5 Å². The predicted molar refractivity (Wildman–Crippen MR) is 82.4 cm³/mol. The van der Waals surface area contributed by atoms with Crippen molar-refractivity contribution in [2.24, 2.45) is 4.36 Å². The highest BCUT2D eigenvalue weighted by Gasteiger charge is 2.14. The van der Waals surface area contributed by atoms with Gasteiger partial charge in [0.05, 0.1) is 10.9 Å². The second-order valence-corrected chi connectivity index (χ2v) is 6.59. The third-order valence-electron chi connectivity index (χ3n) is 2.97. The fraction of sp³-hybridized carbons (Fsp3) is 0.571. The van der Waals surface area contributed by atoms with Crippen molar-refractivity contribution in [3.63, 3.8) is 0 Å². The summed E-state index contributed by atoms with van der Waals surface area (Å²) >= 11 is 0. The molecule has 19 heavy (non-hydrogen) atoms. The van der Waals surface area contributed by atoms with Crippen molar-refractivity contribution in [3.05, 3.63) is 24.3 Å². The van der Waals surface area contributed by atoms with Gasteiger partial charge in [0, 0.05) is 12.2 Å². The van der Waals surface area contributed by atoms with Crippen molar-refractivity contribution in [2.45, 2.75) is 51.0 Å². The Morgan fingerprint density at radius 1 is 1.32 bits per heavy atom. The average Bonchev–Trinajstić information content (AvgIpc) is 2.42. The minimum Gasteiger partial charge on any atom is -0.399 e. The van der Waals surface area contributed by atoms with Gasteiger partial charge >= 0.3 is 0 Å². The first-order valence-corrected chi connectivity index (χ1v) is 8.43. The zero-order chi connectivity index (χ0) is 14.3. The minimum absolute atomic E-state index is 0.110. The Balaban J connectivity index is 3.23. The van der Waals surface area contributed by atoms with Crippen LogP contribution >= 0.6 is 0 Å². The van der Waals surface area contributed by atoms with E-state index in [0.717, 1.165) is 19.3 Å². The Kier molecular flexibility index (Phi) is 6.31. The summed E-state index contributed by atoms with van der Waals surface area (Å²) in [5.41, 5.74) is 6.40. The summed E-state index contributed by atoms with van der Waals surface area (Å²) in [5, 5.41) is 0. The van der Waals surface area contributed by atoms with Crippen LogP contribution in [-0.2, 0) is 9.92 Å². The smallest absolute Gasteiger partial charge is 0.137 e. The zero-order valence-electron chi connectivity index (χ0n) is 12.1. The van der Waals surface area contributed by atoms with Gasteiger partial charge in [0.1, 0.15) is 9.92 Å². The lowest BCUT2D eigenvalue weighted by Gasteiger charge is -2.16. The zero-order valence-corrected chi connectivity index (χ0v) is 12.9. The molecule has 0 aliphatic heterocycles. The monoisotopic (exact) mass is 283 g/mol. The highest BCUT2D eigenvalue weighted by molar-refractivity contribution is 7.91. The molecule has 0 saturated carbocycles. The van der Waals surface area contributed by atoms with Crippen molar-refractivity contribution >= 4 is 15.6 Å². The van der Waals surface area contributed by atoms with E-state index in [9.17, 15) is 4.21 Å². The van der Waals surface area contributed by atoms with Crippen LogP contribution in [0.4, 0.5) is 5.69 Å². The van der Waals surface area contributed by atoms with Crippen molar-refractivity contribution in [1.29, 1.82) is 0 Å². The number of nitrogens with one attached hydrogen (secondary N) is 1. The van der Waals surface area contributed by atoms with E-state index in [1.807, 2.05) is 19.1 Å². The first-order valence-electron chi connectivity index (χ1n) is 6.92. The van der Waals surface area contributed by atoms with Crippen molar-refractivity contribution in [3.8, 4) is 0 Å². The second kappa shape index (κ2) is 7.50. The molecule has 0 heterocycles. The van der Waals surface area contributed by atoms with Crippen LogP contribution in [0.5, 0.6) is 0 Å². The fourth-order valence-electron chi connectivity index (χ4n) is 1.76.